The zero-order valence-electron chi connectivity index (χ0n) is 10.4. The van der Waals surface area contributed by atoms with Crippen LogP contribution >= 0.6 is 0 Å². The average Bonchev–Trinajstić information content (AvgIpc) is 2.63. The highest BCUT2D eigenvalue weighted by Gasteiger charge is 2.23. The molecular formula is C12H26N2O. The Labute approximate surface area is 93.9 Å². The van der Waals surface area contributed by atoms with Crippen molar-refractivity contribution >= 4 is 0 Å². The van der Waals surface area contributed by atoms with E-state index in [2.05, 4.69) is 17.1 Å². The number of hydrogen-bond acceptors (Lipinski definition) is 3. The second-order valence-electron chi connectivity index (χ2n) is 5.25. The summed E-state index contributed by atoms with van der Waals surface area (Å²) in [5.41, 5.74) is -0.530. The Bertz CT molecular complexity index is 171. The van der Waals surface area contributed by atoms with Crippen LogP contribution in [0.1, 0.15) is 40.0 Å². The van der Waals surface area contributed by atoms with Crippen molar-refractivity contribution in [1.82, 2.24) is 10.2 Å². The van der Waals surface area contributed by atoms with Crippen LogP contribution in [0.4, 0.5) is 0 Å². The number of nitrogens with one attached hydrogen (secondary N) is 1. The van der Waals surface area contributed by atoms with Gasteiger partial charge in [0.05, 0.1) is 5.60 Å². The summed E-state index contributed by atoms with van der Waals surface area (Å²) in [5, 5.41) is 13.1. The summed E-state index contributed by atoms with van der Waals surface area (Å²) in [6.45, 7) is 10.4. The molecule has 0 aromatic heterocycles. The van der Waals surface area contributed by atoms with E-state index in [0.29, 0.717) is 6.04 Å². The molecule has 0 aromatic rings. The second kappa shape index (κ2) is 5.83. The van der Waals surface area contributed by atoms with Gasteiger partial charge in [0.25, 0.3) is 0 Å². The van der Waals surface area contributed by atoms with Crippen molar-refractivity contribution in [1.29, 1.82) is 0 Å². The molecule has 0 bridgehead atoms. The van der Waals surface area contributed by atoms with Crippen molar-refractivity contribution in [2.45, 2.75) is 51.7 Å². The lowest BCUT2D eigenvalue weighted by Gasteiger charge is -2.30. The molecule has 0 aromatic carbocycles. The van der Waals surface area contributed by atoms with Gasteiger partial charge in [0.15, 0.2) is 0 Å². The lowest BCUT2D eigenvalue weighted by atomic mass is 10.0. The van der Waals surface area contributed by atoms with E-state index in [4.69, 9.17) is 0 Å². The Kier molecular flexibility index (Phi) is 5.03. The third kappa shape index (κ3) is 4.96. The molecular weight excluding hydrogens is 188 g/mol. The Balaban J connectivity index is 2.35. The number of nitrogens with zero attached hydrogens (tertiary/aromatic N) is 1. The molecule has 3 heteroatoms. The van der Waals surface area contributed by atoms with Crippen molar-refractivity contribution in [3.63, 3.8) is 0 Å². The van der Waals surface area contributed by atoms with Crippen LogP contribution in [0.2, 0.25) is 0 Å². The highest BCUT2D eigenvalue weighted by atomic mass is 16.3. The summed E-state index contributed by atoms with van der Waals surface area (Å²) in [6, 6.07) is 0.687. The molecule has 0 aliphatic carbocycles. The highest BCUT2D eigenvalue weighted by molar-refractivity contribution is 4.81. The average molecular weight is 214 g/mol. The lowest BCUT2D eigenvalue weighted by molar-refractivity contribution is 0.0520. The summed E-state index contributed by atoms with van der Waals surface area (Å²) in [5.74, 6) is 0. The molecule has 1 aliphatic heterocycles. The first-order chi connectivity index (χ1) is 7.03. The zero-order valence-corrected chi connectivity index (χ0v) is 10.4. The monoisotopic (exact) mass is 214 g/mol. The van der Waals surface area contributed by atoms with E-state index in [-0.39, 0.29) is 0 Å². The molecule has 1 rings (SSSR count). The SMILES string of the molecule is CCCN(CCC(C)(C)O)C1CCNC1. The molecule has 0 radical (unpaired) electrons. The van der Waals surface area contributed by atoms with Crippen LogP contribution in [0.25, 0.3) is 0 Å². The molecule has 1 unspecified atom stereocenters. The first-order valence-electron chi connectivity index (χ1n) is 6.20. The summed E-state index contributed by atoms with van der Waals surface area (Å²) >= 11 is 0. The van der Waals surface area contributed by atoms with Crippen molar-refractivity contribution < 1.29 is 5.11 Å². The molecule has 3 nitrogen and oxygen atoms in total. The fourth-order valence-electron chi connectivity index (χ4n) is 2.13. The molecule has 0 spiro atoms. The van der Waals surface area contributed by atoms with Crippen molar-refractivity contribution in [3.8, 4) is 0 Å². The smallest absolute Gasteiger partial charge is 0.0603 e. The molecule has 1 aliphatic rings. The molecule has 1 atom stereocenters. The summed E-state index contributed by atoms with van der Waals surface area (Å²) < 4.78 is 0. The molecule has 1 fully saturated rings. The molecule has 2 N–H and O–H groups in total. The predicted octanol–water partition coefficient (Wildman–Crippen LogP) is 1.22. The normalized spacial score (nSPS) is 22.6. The fraction of sp³-hybridized carbons (Fsp3) is 1.00. The maximum atomic E-state index is 9.74. The fourth-order valence-corrected chi connectivity index (χ4v) is 2.13. The van der Waals surface area contributed by atoms with E-state index in [1.807, 2.05) is 13.8 Å². The maximum Gasteiger partial charge on any atom is 0.0603 e. The van der Waals surface area contributed by atoms with Crippen LogP contribution in [0.3, 0.4) is 0 Å². The minimum absolute atomic E-state index is 0.530. The minimum Gasteiger partial charge on any atom is -0.390 e. The number of hydrogen-bond donors (Lipinski definition) is 2. The summed E-state index contributed by atoms with van der Waals surface area (Å²) in [6.07, 6.45) is 3.32. The van der Waals surface area contributed by atoms with Gasteiger partial charge in [-0.1, -0.05) is 6.92 Å². The van der Waals surface area contributed by atoms with Gasteiger partial charge in [0.1, 0.15) is 0 Å². The van der Waals surface area contributed by atoms with Crippen LogP contribution in [-0.4, -0.2) is 47.8 Å². The zero-order chi connectivity index (χ0) is 11.3. The van der Waals surface area contributed by atoms with Crippen LogP contribution in [-0.2, 0) is 0 Å². The van der Waals surface area contributed by atoms with Gasteiger partial charge >= 0.3 is 0 Å². The van der Waals surface area contributed by atoms with Gasteiger partial charge in [0.2, 0.25) is 0 Å². The van der Waals surface area contributed by atoms with Gasteiger partial charge in [-0.3, -0.25) is 4.90 Å². The van der Waals surface area contributed by atoms with Crippen molar-refractivity contribution in [3.05, 3.63) is 0 Å². The largest absolute Gasteiger partial charge is 0.390 e. The van der Waals surface area contributed by atoms with Gasteiger partial charge in [0, 0.05) is 19.1 Å². The third-order valence-electron chi connectivity index (χ3n) is 3.07. The molecule has 90 valence electrons. The first kappa shape index (κ1) is 12.9. The van der Waals surface area contributed by atoms with E-state index < -0.39 is 5.60 Å². The van der Waals surface area contributed by atoms with Gasteiger partial charge in [-0.2, -0.15) is 0 Å². The molecule has 1 saturated heterocycles. The predicted molar refractivity (Wildman–Crippen MR) is 64.1 cm³/mol. The standard InChI is InChI=1S/C12H26N2O/c1-4-8-14(9-6-12(2,3)15)11-5-7-13-10-11/h11,13,15H,4-10H2,1-3H3. The van der Waals surface area contributed by atoms with E-state index in [1.165, 1.54) is 12.8 Å². The third-order valence-corrected chi connectivity index (χ3v) is 3.07. The van der Waals surface area contributed by atoms with Crippen LogP contribution in [0.5, 0.6) is 0 Å². The Morgan fingerprint density at radius 2 is 2.13 bits per heavy atom. The van der Waals surface area contributed by atoms with Crippen molar-refractivity contribution in [2.24, 2.45) is 0 Å². The summed E-state index contributed by atoms with van der Waals surface area (Å²) in [4.78, 5) is 2.53. The topological polar surface area (TPSA) is 35.5 Å². The molecule has 0 saturated carbocycles. The molecule has 0 amide bonds. The van der Waals surface area contributed by atoms with Gasteiger partial charge in [-0.15, -0.1) is 0 Å². The maximum absolute atomic E-state index is 9.74. The van der Waals surface area contributed by atoms with E-state index >= 15 is 0 Å². The second-order valence-corrected chi connectivity index (χ2v) is 5.25. The quantitative estimate of drug-likeness (QED) is 0.698. The number of aliphatic hydroxyl groups is 1. The van der Waals surface area contributed by atoms with Crippen LogP contribution in [0, 0.1) is 0 Å². The van der Waals surface area contributed by atoms with Crippen LogP contribution in [0.15, 0.2) is 0 Å². The Morgan fingerprint density at radius 3 is 2.60 bits per heavy atom. The molecule has 1 heterocycles. The highest BCUT2D eigenvalue weighted by Crippen LogP contribution is 2.14. The van der Waals surface area contributed by atoms with Gasteiger partial charge < -0.3 is 10.4 Å². The van der Waals surface area contributed by atoms with Gasteiger partial charge in [-0.05, 0) is 46.2 Å². The summed E-state index contributed by atoms with van der Waals surface area (Å²) in [7, 11) is 0. The molecule has 15 heavy (non-hydrogen) atoms. The first-order valence-corrected chi connectivity index (χ1v) is 6.20. The van der Waals surface area contributed by atoms with E-state index in [9.17, 15) is 5.11 Å². The number of rotatable bonds is 6. The minimum atomic E-state index is -0.530. The van der Waals surface area contributed by atoms with Crippen molar-refractivity contribution in [2.75, 3.05) is 26.2 Å². The van der Waals surface area contributed by atoms with E-state index in [0.717, 1.165) is 32.6 Å². The lowest BCUT2D eigenvalue weighted by Crippen LogP contribution is -2.40. The van der Waals surface area contributed by atoms with Gasteiger partial charge in [-0.25, -0.2) is 0 Å². The van der Waals surface area contributed by atoms with E-state index in [1.54, 1.807) is 0 Å². The van der Waals surface area contributed by atoms with Crippen LogP contribution < -0.4 is 5.32 Å². The Hall–Kier alpha value is -0.120. The Morgan fingerprint density at radius 1 is 1.40 bits per heavy atom.